The average molecular weight is 928 g/mol. The first-order valence-electron chi connectivity index (χ1n) is 22.6. The van der Waals surface area contributed by atoms with Gasteiger partial charge in [0.25, 0.3) is 15.7 Å². The third-order valence-electron chi connectivity index (χ3n) is 13.4. The molecule has 15 heteroatoms. The number of amides is 1. The number of allylic oxidation sites excluding steroid dienone is 1. The predicted molar refractivity (Wildman–Crippen MR) is 250 cm³/mol. The van der Waals surface area contributed by atoms with Gasteiger partial charge in [0.15, 0.2) is 0 Å². The molecule has 1 unspecified atom stereocenters. The van der Waals surface area contributed by atoms with Gasteiger partial charge in [0.2, 0.25) is 0 Å². The molecule has 2 aliphatic carbocycles. The molecular formula is C48H64F3N5O4S3. The maximum atomic E-state index is 14.1. The van der Waals surface area contributed by atoms with Crippen LogP contribution in [0, 0.1) is 10.8 Å². The van der Waals surface area contributed by atoms with Crippen LogP contribution >= 0.6 is 23.7 Å². The van der Waals surface area contributed by atoms with Crippen LogP contribution in [0.1, 0.15) is 95.3 Å². The number of piperazine rings is 1. The SMILES string of the molecule is CCCC1(C2=C(CN3CCN(c4ccc(C(=O)NSc5ccc(NC(CCN6CCC(O)CC6)CSc6ccccc6)c(S(=O)(=O)C(F)(F)F)c5)cc4)CC3)CCC(C)(C)C2)CC1. The average Bonchev–Trinajstić information content (AvgIpc) is 4.06. The molecule has 2 heterocycles. The summed E-state index contributed by atoms with van der Waals surface area (Å²) in [6.07, 6.45) is 10.4. The van der Waals surface area contributed by atoms with Crippen molar-refractivity contribution >= 4 is 50.8 Å². The van der Waals surface area contributed by atoms with Gasteiger partial charge < -0.3 is 20.2 Å². The van der Waals surface area contributed by atoms with Crippen molar-refractivity contribution in [2.75, 3.05) is 68.3 Å². The van der Waals surface area contributed by atoms with Gasteiger partial charge in [-0.3, -0.25) is 14.4 Å². The van der Waals surface area contributed by atoms with Gasteiger partial charge in [-0.1, -0.05) is 56.5 Å². The lowest BCUT2D eigenvalue weighted by molar-refractivity contribution is -0.0435. The number of nitrogens with zero attached hydrogens (tertiary/aromatic N) is 3. The summed E-state index contributed by atoms with van der Waals surface area (Å²) in [4.78, 5) is 20.7. The molecule has 1 saturated carbocycles. The fourth-order valence-corrected chi connectivity index (χ4v) is 12.1. The number of hydrogen-bond donors (Lipinski definition) is 3. The highest BCUT2D eigenvalue weighted by molar-refractivity contribution is 7.99. The highest BCUT2D eigenvalue weighted by Crippen LogP contribution is 2.61. The van der Waals surface area contributed by atoms with Crippen molar-refractivity contribution in [3.05, 3.63) is 89.5 Å². The van der Waals surface area contributed by atoms with Crippen molar-refractivity contribution in [2.24, 2.45) is 10.8 Å². The zero-order chi connectivity index (χ0) is 44.8. The molecule has 7 rings (SSSR count). The molecule has 3 aromatic carbocycles. The largest absolute Gasteiger partial charge is 0.501 e. The van der Waals surface area contributed by atoms with Crippen LogP contribution in [-0.4, -0.2) is 105 Å². The van der Waals surface area contributed by atoms with E-state index in [2.05, 4.69) is 45.5 Å². The second-order valence-electron chi connectivity index (χ2n) is 18.7. The Morgan fingerprint density at radius 3 is 2.25 bits per heavy atom. The molecule has 3 N–H and O–H groups in total. The van der Waals surface area contributed by atoms with Gasteiger partial charge in [0, 0.05) is 85.2 Å². The molecule has 3 aromatic rings. The van der Waals surface area contributed by atoms with E-state index in [9.17, 15) is 31.5 Å². The van der Waals surface area contributed by atoms with E-state index in [1.54, 1.807) is 23.3 Å². The minimum Gasteiger partial charge on any atom is -0.393 e. The van der Waals surface area contributed by atoms with Crippen molar-refractivity contribution < 1.29 is 31.5 Å². The number of likely N-dealkylation sites (tertiary alicyclic amines) is 1. The number of thioether (sulfide) groups is 1. The van der Waals surface area contributed by atoms with Gasteiger partial charge in [-0.25, -0.2) is 8.42 Å². The molecule has 344 valence electrons. The number of carbonyl (C=O) groups is 1. The highest BCUT2D eigenvalue weighted by Gasteiger charge is 2.49. The van der Waals surface area contributed by atoms with Crippen molar-refractivity contribution in [3.63, 3.8) is 0 Å². The molecule has 2 saturated heterocycles. The Morgan fingerprint density at radius 2 is 1.60 bits per heavy atom. The topological polar surface area (TPSA) is 105 Å². The zero-order valence-corrected chi connectivity index (χ0v) is 39.3. The van der Waals surface area contributed by atoms with Crippen LogP contribution in [0.4, 0.5) is 24.5 Å². The number of nitrogens with one attached hydrogen (secondary N) is 2. The molecule has 3 fully saturated rings. The summed E-state index contributed by atoms with van der Waals surface area (Å²) in [6, 6.07) is 20.4. The third kappa shape index (κ3) is 12.4. The zero-order valence-electron chi connectivity index (χ0n) is 36.9. The molecule has 0 radical (unpaired) electrons. The van der Waals surface area contributed by atoms with E-state index >= 15 is 0 Å². The lowest BCUT2D eigenvalue weighted by Gasteiger charge is -2.41. The molecule has 4 aliphatic rings. The summed E-state index contributed by atoms with van der Waals surface area (Å²) in [7, 11) is -5.76. The number of halogens is 3. The Kier molecular flexibility index (Phi) is 15.6. The summed E-state index contributed by atoms with van der Waals surface area (Å²) in [5.74, 6) is 0.0313. The molecular weight excluding hydrogens is 864 g/mol. The first-order valence-corrected chi connectivity index (χ1v) is 25.9. The number of rotatable bonds is 18. The van der Waals surface area contributed by atoms with Crippen molar-refractivity contribution in [3.8, 4) is 0 Å². The molecule has 1 amide bonds. The number of hydrogen-bond acceptors (Lipinski definition) is 10. The number of piperidine rings is 1. The van der Waals surface area contributed by atoms with Gasteiger partial charge in [0.1, 0.15) is 4.90 Å². The van der Waals surface area contributed by atoms with E-state index in [-0.39, 0.29) is 22.7 Å². The molecule has 2 aliphatic heterocycles. The Labute approximate surface area is 381 Å². The van der Waals surface area contributed by atoms with E-state index in [1.807, 2.05) is 42.5 Å². The molecule has 0 bridgehead atoms. The second-order valence-corrected chi connectivity index (χ2v) is 22.6. The molecule has 1 atom stereocenters. The van der Waals surface area contributed by atoms with Crippen molar-refractivity contribution in [2.45, 2.75) is 117 Å². The normalized spacial score (nSPS) is 20.4. The summed E-state index contributed by atoms with van der Waals surface area (Å²) in [6.45, 7) is 14.0. The maximum absolute atomic E-state index is 14.1. The Bertz CT molecular complexity index is 2150. The van der Waals surface area contributed by atoms with E-state index in [0.29, 0.717) is 61.0 Å². The number of anilines is 2. The number of aliphatic hydroxyl groups excluding tert-OH is 1. The lowest BCUT2D eigenvalue weighted by Crippen LogP contribution is -2.47. The van der Waals surface area contributed by atoms with E-state index in [1.165, 1.54) is 68.8 Å². The number of alkyl halides is 3. The number of carbonyl (C=O) groups excluding carboxylic acids is 1. The minimum absolute atomic E-state index is 0.144. The number of benzene rings is 3. The van der Waals surface area contributed by atoms with E-state index in [4.69, 9.17) is 0 Å². The lowest BCUT2D eigenvalue weighted by atomic mass is 9.69. The third-order valence-corrected chi connectivity index (χ3v) is 16.9. The minimum atomic E-state index is -5.76. The fraction of sp³-hybridized carbons (Fsp3) is 0.562. The van der Waals surface area contributed by atoms with Crippen LogP contribution < -0.4 is 14.9 Å². The van der Waals surface area contributed by atoms with Crippen LogP contribution in [0.2, 0.25) is 0 Å². The smallest absolute Gasteiger partial charge is 0.393 e. The van der Waals surface area contributed by atoms with E-state index < -0.39 is 26.1 Å². The first-order chi connectivity index (χ1) is 30.0. The first kappa shape index (κ1) is 47.7. The van der Waals surface area contributed by atoms with Gasteiger partial charge in [-0.2, -0.15) is 13.2 Å². The van der Waals surface area contributed by atoms with E-state index in [0.717, 1.165) is 61.3 Å². The van der Waals surface area contributed by atoms with Crippen LogP contribution in [0.15, 0.2) is 98.6 Å². The Hall–Kier alpha value is -3.21. The summed E-state index contributed by atoms with van der Waals surface area (Å²) in [5, 5.41) is 13.1. The van der Waals surface area contributed by atoms with Gasteiger partial charge in [-0.05, 0) is 135 Å². The quantitative estimate of drug-likeness (QED) is 0.0649. The van der Waals surface area contributed by atoms with Crippen LogP contribution in [-0.2, 0) is 9.84 Å². The Morgan fingerprint density at radius 1 is 0.905 bits per heavy atom. The van der Waals surface area contributed by atoms with Gasteiger partial charge in [-0.15, -0.1) is 11.8 Å². The molecule has 63 heavy (non-hydrogen) atoms. The van der Waals surface area contributed by atoms with Crippen LogP contribution in [0.25, 0.3) is 0 Å². The van der Waals surface area contributed by atoms with Gasteiger partial charge in [0.05, 0.1) is 11.8 Å². The molecule has 0 aromatic heterocycles. The monoisotopic (exact) mass is 927 g/mol. The van der Waals surface area contributed by atoms with Crippen molar-refractivity contribution in [1.82, 2.24) is 14.5 Å². The van der Waals surface area contributed by atoms with Crippen molar-refractivity contribution in [1.29, 1.82) is 0 Å². The highest BCUT2D eigenvalue weighted by atomic mass is 32.2. The Balaban J connectivity index is 0.970. The second kappa shape index (κ2) is 20.5. The standard InChI is InChI=1S/C48H64F3N5O4S3/c1-4-20-47(22-23-47)42-32-46(2,3)21-16-36(42)33-55-27-29-56(30-28-55)38-12-10-35(11-13-38)45(58)53-62-41-14-15-43(44(31-41)63(59,60)48(49,50)51)52-37(34-61-40-8-6-5-7-9-40)17-24-54-25-18-39(57)19-26-54/h5-15,31,37,39,52,57H,4,16-30,32-34H2,1-3H3,(H,53,58). The van der Waals surface area contributed by atoms with Crippen LogP contribution in [0.3, 0.4) is 0 Å². The summed E-state index contributed by atoms with van der Waals surface area (Å²) in [5.41, 5.74) is 0.0324. The predicted octanol–water partition coefficient (Wildman–Crippen LogP) is 10.0. The number of sulfone groups is 1. The summed E-state index contributed by atoms with van der Waals surface area (Å²) < 4.78 is 71.2. The fourth-order valence-electron chi connectivity index (χ4n) is 9.47. The van der Waals surface area contributed by atoms with Crippen LogP contribution in [0.5, 0.6) is 0 Å². The molecule has 0 spiro atoms. The number of aliphatic hydroxyl groups is 1. The summed E-state index contributed by atoms with van der Waals surface area (Å²) >= 11 is 2.31. The van der Waals surface area contributed by atoms with Gasteiger partial charge >= 0.3 is 5.51 Å². The maximum Gasteiger partial charge on any atom is 0.501 e. The molecule has 9 nitrogen and oxygen atoms in total.